The highest BCUT2D eigenvalue weighted by atomic mass is 32.1. The van der Waals surface area contributed by atoms with Crippen molar-refractivity contribution in [2.45, 2.75) is 13.1 Å². The van der Waals surface area contributed by atoms with E-state index in [2.05, 4.69) is 16.8 Å². The molecule has 2 heterocycles. The molecule has 3 rings (SSSR count). The topological polar surface area (TPSA) is 50.7 Å². The summed E-state index contributed by atoms with van der Waals surface area (Å²) < 4.78 is 10.5. The Balaban J connectivity index is 1.66. The summed E-state index contributed by atoms with van der Waals surface area (Å²) in [6.45, 7) is 1.62. The van der Waals surface area contributed by atoms with Crippen LogP contribution in [0.15, 0.2) is 29.6 Å². The maximum atomic E-state index is 9.86. The van der Waals surface area contributed by atoms with Crippen LogP contribution in [0.5, 0.6) is 17.2 Å². The Kier molecular flexibility index (Phi) is 3.08. The van der Waals surface area contributed by atoms with Gasteiger partial charge in [-0.25, -0.2) is 0 Å². The minimum absolute atomic E-state index is 0.223. The number of phenolic OH excluding ortho intramolecular Hbond substituents is 1. The average Bonchev–Trinajstić information content (AvgIpc) is 3.00. The van der Waals surface area contributed by atoms with Crippen molar-refractivity contribution >= 4 is 11.3 Å². The van der Waals surface area contributed by atoms with Crippen LogP contribution in [0.2, 0.25) is 0 Å². The molecule has 1 aromatic carbocycles. The van der Waals surface area contributed by atoms with Crippen LogP contribution in [-0.4, -0.2) is 11.9 Å². The SMILES string of the molecule is Oc1cc2c(cc1CNCc1cccs1)OCO2. The Morgan fingerprint density at radius 2 is 2.06 bits per heavy atom. The van der Waals surface area contributed by atoms with E-state index in [1.807, 2.05) is 12.1 Å². The number of thiophene rings is 1. The maximum Gasteiger partial charge on any atom is 0.231 e. The molecule has 0 saturated heterocycles. The van der Waals surface area contributed by atoms with Gasteiger partial charge >= 0.3 is 0 Å². The van der Waals surface area contributed by atoms with Crippen molar-refractivity contribution in [2.75, 3.05) is 6.79 Å². The van der Waals surface area contributed by atoms with Crippen molar-refractivity contribution in [1.29, 1.82) is 0 Å². The van der Waals surface area contributed by atoms with Gasteiger partial charge in [-0.05, 0) is 17.5 Å². The van der Waals surface area contributed by atoms with Gasteiger partial charge in [0.2, 0.25) is 6.79 Å². The van der Waals surface area contributed by atoms with Gasteiger partial charge in [-0.1, -0.05) is 6.07 Å². The number of rotatable bonds is 4. The highest BCUT2D eigenvalue weighted by Crippen LogP contribution is 2.37. The lowest BCUT2D eigenvalue weighted by Crippen LogP contribution is -2.11. The van der Waals surface area contributed by atoms with Crippen LogP contribution in [-0.2, 0) is 13.1 Å². The lowest BCUT2D eigenvalue weighted by atomic mass is 10.1. The molecule has 0 spiro atoms. The summed E-state index contributed by atoms with van der Waals surface area (Å²) in [6, 6.07) is 7.53. The van der Waals surface area contributed by atoms with Crippen molar-refractivity contribution in [2.24, 2.45) is 0 Å². The molecule has 0 radical (unpaired) electrons. The van der Waals surface area contributed by atoms with Gasteiger partial charge < -0.3 is 19.9 Å². The van der Waals surface area contributed by atoms with Crippen LogP contribution < -0.4 is 14.8 Å². The molecule has 5 heteroatoms. The highest BCUT2D eigenvalue weighted by molar-refractivity contribution is 7.09. The Morgan fingerprint density at radius 3 is 2.83 bits per heavy atom. The predicted octanol–water partition coefficient (Wildman–Crippen LogP) is 2.47. The predicted molar refractivity (Wildman–Crippen MR) is 69.1 cm³/mol. The number of ether oxygens (including phenoxy) is 2. The first-order chi connectivity index (χ1) is 8.83. The standard InChI is InChI=1S/C13H13NO3S/c15-11-5-13-12(16-8-17-13)4-9(11)6-14-7-10-2-1-3-18-10/h1-5,14-15H,6-8H2. The first kappa shape index (κ1) is 11.4. The van der Waals surface area contributed by atoms with E-state index in [0.717, 1.165) is 12.1 Å². The van der Waals surface area contributed by atoms with Crippen LogP contribution in [0.3, 0.4) is 0 Å². The Bertz CT molecular complexity index is 539. The molecule has 0 atom stereocenters. The van der Waals surface area contributed by atoms with Gasteiger partial charge in [0.25, 0.3) is 0 Å². The summed E-state index contributed by atoms with van der Waals surface area (Å²) in [5, 5.41) is 15.2. The van der Waals surface area contributed by atoms with Crippen LogP contribution in [0.4, 0.5) is 0 Å². The Labute approximate surface area is 109 Å². The number of hydrogen-bond donors (Lipinski definition) is 2. The van der Waals surface area contributed by atoms with E-state index in [4.69, 9.17) is 9.47 Å². The third-order valence-corrected chi connectivity index (χ3v) is 3.65. The molecule has 0 fully saturated rings. The summed E-state index contributed by atoms with van der Waals surface area (Å²) >= 11 is 1.71. The van der Waals surface area contributed by atoms with Crippen molar-refractivity contribution in [3.63, 3.8) is 0 Å². The number of hydrogen-bond acceptors (Lipinski definition) is 5. The number of benzene rings is 1. The first-order valence-electron chi connectivity index (χ1n) is 5.67. The second-order valence-corrected chi connectivity index (χ2v) is 5.05. The fourth-order valence-corrected chi connectivity index (χ4v) is 2.52. The molecule has 94 valence electrons. The quantitative estimate of drug-likeness (QED) is 0.889. The lowest BCUT2D eigenvalue weighted by molar-refractivity contribution is 0.174. The van der Waals surface area contributed by atoms with Gasteiger partial charge in [-0.15, -0.1) is 11.3 Å². The molecule has 0 aliphatic carbocycles. The van der Waals surface area contributed by atoms with Crippen LogP contribution in [0.1, 0.15) is 10.4 Å². The van der Waals surface area contributed by atoms with E-state index in [9.17, 15) is 5.11 Å². The largest absolute Gasteiger partial charge is 0.507 e. The third-order valence-electron chi connectivity index (χ3n) is 2.77. The van der Waals surface area contributed by atoms with E-state index < -0.39 is 0 Å². The normalized spacial score (nSPS) is 12.9. The van der Waals surface area contributed by atoms with E-state index in [0.29, 0.717) is 18.0 Å². The zero-order valence-corrected chi connectivity index (χ0v) is 10.5. The summed E-state index contributed by atoms with van der Waals surface area (Å²) in [7, 11) is 0. The maximum absolute atomic E-state index is 9.86. The number of nitrogens with one attached hydrogen (secondary N) is 1. The molecular formula is C13H13NO3S. The summed E-state index contributed by atoms with van der Waals surface area (Å²) in [5.41, 5.74) is 0.816. The molecular weight excluding hydrogens is 250 g/mol. The Hall–Kier alpha value is -1.72. The average molecular weight is 263 g/mol. The fraction of sp³-hybridized carbons (Fsp3) is 0.231. The lowest BCUT2D eigenvalue weighted by Gasteiger charge is -2.07. The smallest absolute Gasteiger partial charge is 0.231 e. The van der Waals surface area contributed by atoms with Crippen LogP contribution in [0.25, 0.3) is 0 Å². The van der Waals surface area contributed by atoms with Crippen molar-refractivity contribution in [1.82, 2.24) is 5.32 Å². The number of phenols is 1. The van der Waals surface area contributed by atoms with Gasteiger partial charge in [0.05, 0.1) is 0 Å². The minimum Gasteiger partial charge on any atom is -0.507 e. The molecule has 18 heavy (non-hydrogen) atoms. The fourth-order valence-electron chi connectivity index (χ4n) is 1.85. The molecule has 4 nitrogen and oxygen atoms in total. The van der Waals surface area contributed by atoms with Crippen molar-refractivity contribution in [3.05, 3.63) is 40.1 Å². The van der Waals surface area contributed by atoms with Crippen molar-refractivity contribution in [3.8, 4) is 17.2 Å². The molecule has 0 unspecified atom stereocenters. The van der Waals surface area contributed by atoms with Crippen molar-refractivity contribution < 1.29 is 14.6 Å². The molecule has 1 aliphatic heterocycles. The number of aromatic hydroxyl groups is 1. The molecule has 0 amide bonds. The molecule has 1 aromatic heterocycles. The second-order valence-electron chi connectivity index (χ2n) is 4.02. The molecule has 1 aliphatic rings. The molecule has 2 N–H and O–H groups in total. The number of fused-ring (bicyclic) bond motifs is 1. The van der Waals surface area contributed by atoms with E-state index in [1.54, 1.807) is 17.4 Å². The monoisotopic (exact) mass is 263 g/mol. The molecule has 0 saturated carbocycles. The zero-order chi connectivity index (χ0) is 12.4. The first-order valence-corrected chi connectivity index (χ1v) is 6.55. The van der Waals surface area contributed by atoms with Gasteiger partial charge in [0, 0.05) is 29.6 Å². The molecule has 0 bridgehead atoms. The third kappa shape index (κ3) is 2.27. The highest BCUT2D eigenvalue weighted by Gasteiger charge is 2.16. The summed E-state index contributed by atoms with van der Waals surface area (Å²) in [5.74, 6) is 1.54. The van der Waals surface area contributed by atoms with Gasteiger partial charge in [0.1, 0.15) is 5.75 Å². The second kappa shape index (κ2) is 4.88. The van der Waals surface area contributed by atoms with E-state index in [-0.39, 0.29) is 12.5 Å². The van der Waals surface area contributed by atoms with Crippen LogP contribution >= 0.6 is 11.3 Å². The van der Waals surface area contributed by atoms with Crippen LogP contribution in [0, 0.1) is 0 Å². The summed E-state index contributed by atoms with van der Waals surface area (Å²) in [4.78, 5) is 1.27. The van der Waals surface area contributed by atoms with E-state index >= 15 is 0 Å². The van der Waals surface area contributed by atoms with E-state index in [1.165, 1.54) is 4.88 Å². The minimum atomic E-state index is 0.223. The van der Waals surface area contributed by atoms with Gasteiger partial charge in [0.15, 0.2) is 11.5 Å². The Morgan fingerprint density at radius 1 is 1.22 bits per heavy atom. The van der Waals surface area contributed by atoms with Gasteiger partial charge in [-0.3, -0.25) is 0 Å². The zero-order valence-electron chi connectivity index (χ0n) is 9.68. The summed E-state index contributed by atoms with van der Waals surface area (Å²) in [6.07, 6.45) is 0. The van der Waals surface area contributed by atoms with Gasteiger partial charge in [-0.2, -0.15) is 0 Å². The molecule has 2 aromatic rings.